The Morgan fingerprint density at radius 3 is 3.25 bits per heavy atom. The number of thioether (sulfide) groups is 1. The molecule has 0 saturated carbocycles. The van der Waals surface area contributed by atoms with Gasteiger partial charge in [-0.05, 0) is 37.3 Å². The fourth-order valence-corrected chi connectivity index (χ4v) is 2.95. The van der Waals surface area contributed by atoms with E-state index < -0.39 is 0 Å². The second-order valence-corrected chi connectivity index (χ2v) is 6.23. The lowest BCUT2D eigenvalue weighted by molar-refractivity contribution is -0.121. The lowest BCUT2D eigenvalue weighted by Gasteiger charge is -2.33. The predicted molar refractivity (Wildman–Crippen MR) is 83.7 cm³/mol. The van der Waals surface area contributed by atoms with Crippen LogP contribution in [0.4, 0.5) is 0 Å². The molecule has 110 valence electrons. The largest absolute Gasteiger partial charge is 0.352 e. The predicted octanol–water partition coefficient (Wildman–Crippen LogP) is 1.92. The highest BCUT2D eigenvalue weighted by Crippen LogP contribution is 2.13. The van der Waals surface area contributed by atoms with E-state index in [1.165, 1.54) is 5.56 Å². The number of nitrogens with one attached hydrogen (secondary N) is 1. The first-order valence-corrected chi connectivity index (χ1v) is 8.57. The Labute approximate surface area is 125 Å². The van der Waals surface area contributed by atoms with Gasteiger partial charge >= 0.3 is 0 Å². The number of rotatable bonds is 6. The van der Waals surface area contributed by atoms with E-state index in [1.807, 2.05) is 18.5 Å². The molecule has 0 bridgehead atoms. The molecule has 1 fully saturated rings. The second kappa shape index (κ2) is 8.27. The maximum atomic E-state index is 11.8. The van der Waals surface area contributed by atoms with Crippen molar-refractivity contribution in [2.24, 2.45) is 0 Å². The van der Waals surface area contributed by atoms with Crippen LogP contribution in [-0.4, -0.2) is 46.9 Å². The Morgan fingerprint density at radius 2 is 2.50 bits per heavy atom. The summed E-state index contributed by atoms with van der Waals surface area (Å²) in [5, 5.41) is 3.16. The number of nitrogens with zero attached hydrogens (tertiary/aromatic N) is 2. The van der Waals surface area contributed by atoms with Gasteiger partial charge in [0.2, 0.25) is 5.91 Å². The van der Waals surface area contributed by atoms with Gasteiger partial charge in [-0.2, -0.15) is 11.8 Å². The van der Waals surface area contributed by atoms with Crippen LogP contribution in [0.25, 0.3) is 0 Å². The molecule has 2 rings (SSSR count). The van der Waals surface area contributed by atoms with Crippen molar-refractivity contribution in [3.63, 3.8) is 0 Å². The maximum absolute atomic E-state index is 11.8. The number of carbonyl (C=O) groups excluding carboxylic acids is 1. The van der Waals surface area contributed by atoms with Crippen molar-refractivity contribution in [3.05, 3.63) is 30.1 Å². The molecule has 1 aliphatic rings. The van der Waals surface area contributed by atoms with Gasteiger partial charge in [-0.15, -0.1) is 0 Å². The summed E-state index contributed by atoms with van der Waals surface area (Å²) < 4.78 is 0. The maximum Gasteiger partial charge on any atom is 0.221 e. The normalized spacial score (nSPS) is 19.8. The van der Waals surface area contributed by atoms with Crippen LogP contribution in [0.3, 0.4) is 0 Å². The molecule has 1 aliphatic heterocycles. The molecule has 4 nitrogen and oxygen atoms in total. The SMILES string of the molecule is CSCCC(=O)N[C@H]1CCCN(Cc2cccnc2)C1. The molecule has 1 aromatic rings. The molecule has 0 unspecified atom stereocenters. The van der Waals surface area contributed by atoms with Crippen molar-refractivity contribution >= 4 is 17.7 Å². The third-order valence-corrected chi connectivity index (χ3v) is 4.15. The number of hydrogen-bond acceptors (Lipinski definition) is 4. The van der Waals surface area contributed by atoms with Gasteiger partial charge in [0.05, 0.1) is 0 Å². The van der Waals surface area contributed by atoms with Crippen molar-refractivity contribution in [1.29, 1.82) is 0 Å². The zero-order chi connectivity index (χ0) is 14.2. The van der Waals surface area contributed by atoms with Gasteiger partial charge in [-0.25, -0.2) is 0 Å². The minimum atomic E-state index is 0.188. The molecule has 0 radical (unpaired) electrons. The molecule has 0 aliphatic carbocycles. The Hall–Kier alpha value is -1.07. The first kappa shape index (κ1) is 15.3. The van der Waals surface area contributed by atoms with E-state index in [9.17, 15) is 4.79 Å². The third kappa shape index (κ3) is 5.13. The van der Waals surface area contributed by atoms with Gasteiger partial charge in [-0.1, -0.05) is 6.07 Å². The summed E-state index contributed by atoms with van der Waals surface area (Å²) in [4.78, 5) is 18.3. The van der Waals surface area contributed by atoms with Crippen LogP contribution in [0.5, 0.6) is 0 Å². The van der Waals surface area contributed by atoms with Crippen LogP contribution >= 0.6 is 11.8 Å². The Kier molecular flexibility index (Phi) is 6.33. The van der Waals surface area contributed by atoms with E-state index in [4.69, 9.17) is 0 Å². The second-order valence-electron chi connectivity index (χ2n) is 5.25. The summed E-state index contributed by atoms with van der Waals surface area (Å²) >= 11 is 1.72. The van der Waals surface area contributed by atoms with E-state index in [0.717, 1.165) is 38.2 Å². The lowest BCUT2D eigenvalue weighted by atomic mass is 10.0. The number of likely N-dealkylation sites (tertiary alicyclic amines) is 1. The topological polar surface area (TPSA) is 45.2 Å². The molecule has 20 heavy (non-hydrogen) atoms. The van der Waals surface area contributed by atoms with E-state index in [-0.39, 0.29) is 5.91 Å². The molecule has 1 atom stereocenters. The molecule has 1 aromatic heterocycles. The van der Waals surface area contributed by atoms with Gasteiger partial charge in [-0.3, -0.25) is 14.7 Å². The molecule has 0 aromatic carbocycles. The van der Waals surface area contributed by atoms with Crippen molar-refractivity contribution in [2.45, 2.75) is 31.8 Å². The van der Waals surface area contributed by atoms with E-state index in [1.54, 1.807) is 18.0 Å². The van der Waals surface area contributed by atoms with E-state index in [2.05, 4.69) is 21.3 Å². The molecule has 1 N–H and O–H groups in total. The van der Waals surface area contributed by atoms with Crippen molar-refractivity contribution < 1.29 is 4.79 Å². The van der Waals surface area contributed by atoms with Crippen LogP contribution in [0.15, 0.2) is 24.5 Å². The first-order chi connectivity index (χ1) is 9.78. The van der Waals surface area contributed by atoms with Crippen LogP contribution < -0.4 is 5.32 Å². The fraction of sp³-hybridized carbons (Fsp3) is 0.600. The number of pyridine rings is 1. The molecular weight excluding hydrogens is 270 g/mol. The summed E-state index contributed by atoms with van der Waals surface area (Å²) in [6.45, 7) is 2.97. The smallest absolute Gasteiger partial charge is 0.221 e. The lowest BCUT2D eigenvalue weighted by Crippen LogP contribution is -2.47. The van der Waals surface area contributed by atoms with E-state index >= 15 is 0 Å². The Bertz CT molecular complexity index is 413. The average Bonchev–Trinajstić information content (AvgIpc) is 2.46. The highest BCUT2D eigenvalue weighted by Gasteiger charge is 2.21. The minimum absolute atomic E-state index is 0.188. The standard InChI is InChI=1S/C15H23N3OS/c1-20-9-6-15(19)17-14-5-3-8-18(12-14)11-13-4-2-7-16-10-13/h2,4,7,10,14H,3,5-6,8-9,11-12H2,1H3,(H,17,19)/t14-/m0/s1. The van der Waals surface area contributed by atoms with E-state index in [0.29, 0.717) is 12.5 Å². The highest BCUT2D eigenvalue weighted by molar-refractivity contribution is 7.98. The summed E-state index contributed by atoms with van der Waals surface area (Å²) in [5.41, 5.74) is 1.24. The molecule has 0 spiro atoms. The molecule has 1 saturated heterocycles. The summed E-state index contributed by atoms with van der Waals surface area (Å²) in [7, 11) is 0. The van der Waals surface area contributed by atoms with Gasteiger partial charge < -0.3 is 5.32 Å². The molecular formula is C15H23N3OS. The zero-order valence-corrected chi connectivity index (χ0v) is 12.9. The van der Waals surface area contributed by atoms with Gasteiger partial charge in [0.25, 0.3) is 0 Å². The summed E-state index contributed by atoms with van der Waals surface area (Å²) in [6, 6.07) is 4.38. The number of carbonyl (C=O) groups is 1. The quantitative estimate of drug-likeness (QED) is 0.870. The number of piperidine rings is 1. The van der Waals surface area contributed by atoms with Gasteiger partial charge in [0.1, 0.15) is 0 Å². The average molecular weight is 293 g/mol. The van der Waals surface area contributed by atoms with Gasteiger partial charge in [0, 0.05) is 43.7 Å². The van der Waals surface area contributed by atoms with Crippen LogP contribution in [0, 0.1) is 0 Å². The molecule has 2 heterocycles. The minimum Gasteiger partial charge on any atom is -0.352 e. The number of aromatic nitrogens is 1. The zero-order valence-electron chi connectivity index (χ0n) is 12.0. The van der Waals surface area contributed by atoms with Crippen molar-refractivity contribution in [2.75, 3.05) is 25.1 Å². The summed E-state index contributed by atoms with van der Waals surface area (Å²) in [5.74, 6) is 1.09. The monoisotopic (exact) mass is 293 g/mol. The first-order valence-electron chi connectivity index (χ1n) is 7.17. The van der Waals surface area contributed by atoms with Crippen LogP contribution in [0.1, 0.15) is 24.8 Å². The third-order valence-electron chi connectivity index (χ3n) is 3.53. The molecule has 5 heteroatoms. The number of amides is 1. The van der Waals surface area contributed by atoms with Crippen molar-refractivity contribution in [3.8, 4) is 0 Å². The van der Waals surface area contributed by atoms with Gasteiger partial charge in [0.15, 0.2) is 0 Å². The fourth-order valence-electron chi connectivity index (χ4n) is 2.56. The van der Waals surface area contributed by atoms with Crippen LogP contribution in [-0.2, 0) is 11.3 Å². The van der Waals surface area contributed by atoms with Crippen LogP contribution in [0.2, 0.25) is 0 Å². The summed E-state index contributed by atoms with van der Waals surface area (Å²) in [6.07, 6.45) is 8.61. The number of hydrogen-bond donors (Lipinski definition) is 1. The molecule has 1 amide bonds. The Morgan fingerprint density at radius 1 is 1.60 bits per heavy atom. The highest BCUT2D eigenvalue weighted by atomic mass is 32.2. The van der Waals surface area contributed by atoms with Crippen molar-refractivity contribution in [1.82, 2.24) is 15.2 Å². The Balaban J connectivity index is 1.78.